The first-order valence-corrected chi connectivity index (χ1v) is 7.37. The number of nitrogens with one attached hydrogen (secondary N) is 1. The summed E-state index contributed by atoms with van der Waals surface area (Å²) in [5, 5.41) is 0. The smallest absolute Gasteiger partial charge is 0.254 e. The molecule has 0 aliphatic carbocycles. The molecule has 1 N–H and O–H groups in total. The van der Waals surface area contributed by atoms with Crippen molar-refractivity contribution in [2.24, 2.45) is 0 Å². The van der Waals surface area contributed by atoms with Gasteiger partial charge in [-0.2, -0.15) is 0 Å². The van der Waals surface area contributed by atoms with Gasteiger partial charge in [-0.1, -0.05) is 12.1 Å². The van der Waals surface area contributed by atoms with E-state index in [-0.39, 0.29) is 29.7 Å². The number of aromatic nitrogens is 2. The molecule has 6 heteroatoms. The van der Waals surface area contributed by atoms with Gasteiger partial charge in [0.15, 0.2) is 0 Å². The molecular weight excluding hydrogens is 297 g/mol. The van der Waals surface area contributed by atoms with Crippen molar-refractivity contribution in [2.75, 3.05) is 7.05 Å². The van der Waals surface area contributed by atoms with Gasteiger partial charge < -0.3 is 9.88 Å². The maximum Gasteiger partial charge on any atom is 0.254 e. The van der Waals surface area contributed by atoms with Crippen LogP contribution in [-0.4, -0.2) is 27.8 Å². The van der Waals surface area contributed by atoms with Gasteiger partial charge in [-0.3, -0.25) is 9.59 Å². The van der Waals surface area contributed by atoms with Gasteiger partial charge in [-0.25, -0.2) is 9.37 Å². The molecule has 23 heavy (non-hydrogen) atoms. The lowest BCUT2D eigenvalue weighted by molar-refractivity contribution is -0.131. The largest absolute Gasteiger partial charge is 0.339 e. The van der Waals surface area contributed by atoms with Crippen molar-refractivity contribution in [1.29, 1.82) is 0 Å². The molecule has 1 aromatic carbocycles. The Morgan fingerprint density at radius 1 is 1.30 bits per heavy atom. The van der Waals surface area contributed by atoms with Crippen LogP contribution in [0, 0.1) is 19.7 Å². The lowest BCUT2D eigenvalue weighted by Gasteiger charge is -2.25. The second-order valence-electron chi connectivity index (χ2n) is 5.62. The summed E-state index contributed by atoms with van der Waals surface area (Å²) in [7, 11) is 1.67. The zero-order valence-corrected chi connectivity index (χ0v) is 13.7. The third-order valence-corrected chi connectivity index (χ3v) is 4.00. The predicted octanol–water partition coefficient (Wildman–Crippen LogP) is 2.29. The summed E-state index contributed by atoms with van der Waals surface area (Å²) >= 11 is 0. The third-order valence-electron chi connectivity index (χ3n) is 4.00. The highest BCUT2D eigenvalue weighted by atomic mass is 19.1. The highest BCUT2D eigenvalue weighted by molar-refractivity contribution is 5.79. The van der Waals surface area contributed by atoms with Crippen molar-refractivity contribution < 1.29 is 9.18 Å². The van der Waals surface area contributed by atoms with Crippen molar-refractivity contribution in [1.82, 2.24) is 14.9 Å². The standard InChI is InChI=1S/C17H20FN3O2/c1-10-15(17(23)20-12(3)19-10)9-16(22)21(4)11(2)13-5-7-14(18)8-6-13/h5-8,11H,9H2,1-4H3,(H,19,20,23)/t11-/m0/s1. The Balaban J connectivity index is 2.17. The number of likely N-dealkylation sites (N-methyl/N-ethyl adjacent to an activating group) is 1. The number of benzene rings is 1. The summed E-state index contributed by atoms with van der Waals surface area (Å²) in [6.45, 7) is 5.27. The van der Waals surface area contributed by atoms with Crippen molar-refractivity contribution >= 4 is 5.91 Å². The number of carbonyl (C=O) groups excluding carboxylic acids is 1. The summed E-state index contributed by atoms with van der Waals surface area (Å²) in [6, 6.07) is 5.80. The highest BCUT2D eigenvalue weighted by Crippen LogP contribution is 2.19. The van der Waals surface area contributed by atoms with Gasteiger partial charge in [-0.05, 0) is 38.5 Å². The fourth-order valence-electron chi connectivity index (χ4n) is 2.42. The number of amides is 1. The number of H-pyrrole nitrogens is 1. The average molecular weight is 317 g/mol. The number of nitrogens with zero attached hydrogens (tertiary/aromatic N) is 2. The number of aromatic amines is 1. The van der Waals surface area contributed by atoms with E-state index < -0.39 is 0 Å². The zero-order chi connectivity index (χ0) is 17.1. The Bertz CT molecular complexity index is 768. The Morgan fingerprint density at radius 3 is 2.48 bits per heavy atom. The minimum atomic E-state index is -0.317. The minimum Gasteiger partial charge on any atom is -0.339 e. The lowest BCUT2D eigenvalue weighted by Crippen LogP contribution is -2.33. The van der Waals surface area contributed by atoms with Crippen LogP contribution in [0.4, 0.5) is 4.39 Å². The summed E-state index contributed by atoms with van der Waals surface area (Å²) in [5.74, 6) is 0.0145. The molecular formula is C17H20FN3O2. The Labute approximate surface area is 134 Å². The molecule has 0 radical (unpaired) electrons. The molecule has 2 rings (SSSR count). The van der Waals surface area contributed by atoms with Crippen molar-refractivity contribution in [2.45, 2.75) is 33.2 Å². The Morgan fingerprint density at radius 2 is 1.91 bits per heavy atom. The Hall–Kier alpha value is -2.50. The van der Waals surface area contributed by atoms with Crippen LogP contribution >= 0.6 is 0 Å². The SMILES string of the molecule is Cc1nc(C)c(CC(=O)N(C)[C@@H](C)c2ccc(F)cc2)c(=O)[nH]1. The van der Waals surface area contributed by atoms with E-state index in [9.17, 15) is 14.0 Å². The van der Waals surface area contributed by atoms with E-state index in [1.807, 2.05) is 6.92 Å². The molecule has 0 aliphatic rings. The highest BCUT2D eigenvalue weighted by Gasteiger charge is 2.20. The van der Waals surface area contributed by atoms with Gasteiger partial charge in [0, 0.05) is 18.3 Å². The van der Waals surface area contributed by atoms with Crippen LogP contribution in [0.1, 0.15) is 35.6 Å². The molecule has 0 unspecified atom stereocenters. The van der Waals surface area contributed by atoms with Gasteiger partial charge in [0.2, 0.25) is 5.91 Å². The summed E-state index contributed by atoms with van der Waals surface area (Å²) < 4.78 is 13.0. The molecule has 1 amide bonds. The lowest BCUT2D eigenvalue weighted by atomic mass is 10.1. The van der Waals surface area contributed by atoms with Gasteiger partial charge >= 0.3 is 0 Å². The number of aryl methyl sites for hydroxylation is 2. The molecule has 5 nitrogen and oxygen atoms in total. The van der Waals surface area contributed by atoms with Crippen LogP contribution in [-0.2, 0) is 11.2 Å². The van der Waals surface area contributed by atoms with E-state index in [2.05, 4.69) is 9.97 Å². The van der Waals surface area contributed by atoms with E-state index in [1.165, 1.54) is 12.1 Å². The van der Waals surface area contributed by atoms with Crippen LogP contribution in [0.25, 0.3) is 0 Å². The molecule has 0 fully saturated rings. The van der Waals surface area contributed by atoms with E-state index in [0.717, 1.165) is 5.56 Å². The number of rotatable bonds is 4. The molecule has 0 saturated carbocycles. The van der Waals surface area contributed by atoms with Gasteiger partial charge in [0.1, 0.15) is 11.6 Å². The van der Waals surface area contributed by atoms with E-state index in [1.54, 1.807) is 37.9 Å². The first kappa shape index (κ1) is 16.9. The number of hydrogen-bond donors (Lipinski definition) is 1. The number of hydrogen-bond acceptors (Lipinski definition) is 3. The fraction of sp³-hybridized carbons (Fsp3) is 0.353. The van der Waals surface area contributed by atoms with Crippen LogP contribution in [0.3, 0.4) is 0 Å². The molecule has 0 aliphatic heterocycles. The van der Waals surface area contributed by atoms with Crippen LogP contribution in [0.2, 0.25) is 0 Å². The van der Waals surface area contributed by atoms with Crippen molar-refractivity contribution in [3.05, 3.63) is 63.1 Å². The molecule has 122 valence electrons. The molecule has 1 aromatic heterocycles. The molecule has 2 aromatic rings. The number of carbonyl (C=O) groups is 1. The predicted molar refractivity (Wildman–Crippen MR) is 85.6 cm³/mol. The average Bonchev–Trinajstić information content (AvgIpc) is 2.50. The van der Waals surface area contributed by atoms with Crippen LogP contribution < -0.4 is 5.56 Å². The molecule has 0 spiro atoms. The summed E-state index contributed by atoms with van der Waals surface area (Å²) in [4.78, 5) is 32.8. The van der Waals surface area contributed by atoms with Gasteiger partial charge in [0.25, 0.3) is 5.56 Å². The van der Waals surface area contributed by atoms with Gasteiger partial charge in [-0.15, -0.1) is 0 Å². The van der Waals surface area contributed by atoms with E-state index in [0.29, 0.717) is 17.1 Å². The first-order valence-electron chi connectivity index (χ1n) is 7.37. The zero-order valence-electron chi connectivity index (χ0n) is 13.7. The fourth-order valence-corrected chi connectivity index (χ4v) is 2.42. The maximum atomic E-state index is 13.0. The quantitative estimate of drug-likeness (QED) is 0.941. The van der Waals surface area contributed by atoms with Crippen molar-refractivity contribution in [3.63, 3.8) is 0 Å². The van der Waals surface area contributed by atoms with Crippen LogP contribution in [0.5, 0.6) is 0 Å². The van der Waals surface area contributed by atoms with Gasteiger partial charge in [0.05, 0.1) is 12.5 Å². The molecule has 1 atom stereocenters. The summed E-state index contributed by atoms with van der Waals surface area (Å²) in [6.07, 6.45) is -0.0174. The molecule has 0 saturated heterocycles. The molecule has 1 heterocycles. The Kier molecular flexibility index (Phi) is 4.93. The normalized spacial score (nSPS) is 12.0. The number of halogens is 1. The minimum absolute atomic E-state index is 0.0174. The summed E-state index contributed by atoms with van der Waals surface area (Å²) in [5.41, 5.74) is 1.47. The third kappa shape index (κ3) is 3.83. The second kappa shape index (κ2) is 6.73. The maximum absolute atomic E-state index is 13.0. The van der Waals surface area contributed by atoms with E-state index >= 15 is 0 Å². The monoisotopic (exact) mass is 317 g/mol. The first-order chi connectivity index (χ1) is 10.8. The topological polar surface area (TPSA) is 66.1 Å². The molecule has 0 bridgehead atoms. The van der Waals surface area contributed by atoms with Crippen LogP contribution in [0.15, 0.2) is 29.1 Å². The second-order valence-corrected chi connectivity index (χ2v) is 5.62. The van der Waals surface area contributed by atoms with Crippen molar-refractivity contribution in [3.8, 4) is 0 Å². The van der Waals surface area contributed by atoms with E-state index in [4.69, 9.17) is 0 Å².